The quantitative estimate of drug-likeness (QED) is 0.152. The lowest BCUT2D eigenvalue weighted by Crippen LogP contribution is -2.04. The van der Waals surface area contributed by atoms with Gasteiger partial charge in [-0.25, -0.2) is 4.98 Å². The Labute approximate surface area is 255 Å². The SMILES string of the molecule is C1=Cc2ccc3ccc(-c4cccc(-c5c6ccc7ccccc7c6nc6c5ccc5ccccc56)c4)c4c3c2C(=CC4)C1. The molecule has 0 aliphatic heterocycles. The van der Waals surface area contributed by atoms with E-state index in [1.54, 1.807) is 0 Å². The van der Waals surface area contributed by atoms with Crippen LogP contribution in [0.1, 0.15) is 23.1 Å². The Balaban J connectivity index is 1.27. The highest BCUT2D eigenvalue weighted by atomic mass is 14.7. The molecule has 0 unspecified atom stereocenters. The summed E-state index contributed by atoms with van der Waals surface area (Å²) < 4.78 is 0. The predicted molar refractivity (Wildman–Crippen MR) is 188 cm³/mol. The third-order valence-electron chi connectivity index (χ3n) is 9.86. The van der Waals surface area contributed by atoms with Gasteiger partial charge in [0.25, 0.3) is 0 Å². The average molecular weight is 558 g/mol. The van der Waals surface area contributed by atoms with E-state index >= 15 is 0 Å². The molecule has 0 atom stereocenters. The molecule has 1 nitrogen and oxygen atoms in total. The molecule has 2 aliphatic carbocycles. The lowest BCUT2D eigenvalue weighted by molar-refractivity contribution is 1.23. The van der Waals surface area contributed by atoms with Crippen molar-refractivity contribution in [3.05, 3.63) is 150 Å². The van der Waals surface area contributed by atoms with Gasteiger partial charge in [-0.1, -0.05) is 133 Å². The molecule has 0 saturated carbocycles. The van der Waals surface area contributed by atoms with Gasteiger partial charge < -0.3 is 0 Å². The molecule has 44 heavy (non-hydrogen) atoms. The molecular weight excluding hydrogens is 530 g/mol. The highest BCUT2D eigenvalue weighted by Gasteiger charge is 2.22. The summed E-state index contributed by atoms with van der Waals surface area (Å²) in [4.78, 5) is 5.40. The van der Waals surface area contributed by atoms with Crippen molar-refractivity contribution in [3.8, 4) is 22.3 Å². The molecule has 1 aromatic heterocycles. The minimum absolute atomic E-state index is 0.968. The van der Waals surface area contributed by atoms with Gasteiger partial charge in [0.1, 0.15) is 0 Å². The van der Waals surface area contributed by atoms with Crippen LogP contribution in [0.15, 0.2) is 133 Å². The summed E-state index contributed by atoms with van der Waals surface area (Å²) in [6.45, 7) is 0. The van der Waals surface area contributed by atoms with Crippen LogP contribution in [0.3, 0.4) is 0 Å². The van der Waals surface area contributed by atoms with Gasteiger partial charge >= 0.3 is 0 Å². The predicted octanol–water partition coefficient (Wildman–Crippen LogP) is 11.5. The topological polar surface area (TPSA) is 12.9 Å². The van der Waals surface area contributed by atoms with E-state index in [1.807, 2.05) is 0 Å². The molecule has 0 amide bonds. The molecule has 0 N–H and O–H groups in total. The first-order chi connectivity index (χ1) is 21.8. The summed E-state index contributed by atoms with van der Waals surface area (Å²) in [5, 5.41) is 9.97. The maximum Gasteiger partial charge on any atom is 0.0794 e. The lowest BCUT2D eigenvalue weighted by Gasteiger charge is -2.25. The van der Waals surface area contributed by atoms with E-state index in [1.165, 1.54) is 87.6 Å². The van der Waals surface area contributed by atoms with Crippen LogP contribution in [-0.4, -0.2) is 4.98 Å². The molecule has 10 rings (SSSR count). The fraction of sp³-hybridized carbons (Fsp3) is 0.0465. The van der Waals surface area contributed by atoms with E-state index < -0.39 is 0 Å². The highest BCUT2D eigenvalue weighted by Crippen LogP contribution is 2.45. The van der Waals surface area contributed by atoms with Crippen LogP contribution in [0.25, 0.3) is 88.0 Å². The molecule has 7 aromatic carbocycles. The van der Waals surface area contributed by atoms with Crippen molar-refractivity contribution < 1.29 is 0 Å². The van der Waals surface area contributed by atoms with E-state index in [-0.39, 0.29) is 0 Å². The highest BCUT2D eigenvalue weighted by molar-refractivity contribution is 6.21. The van der Waals surface area contributed by atoms with Crippen molar-refractivity contribution in [2.24, 2.45) is 0 Å². The van der Waals surface area contributed by atoms with Crippen molar-refractivity contribution in [1.29, 1.82) is 0 Å². The number of hydrogen-bond donors (Lipinski definition) is 0. The van der Waals surface area contributed by atoms with Crippen LogP contribution in [-0.2, 0) is 6.42 Å². The summed E-state index contributed by atoms with van der Waals surface area (Å²) in [5.41, 5.74) is 12.9. The van der Waals surface area contributed by atoms with Crippen LogP contribution < -0.4 is 0 Å². The Kier molecular flexibility index (Phi) is 4.90. The third kappa shape index (κ3) is 3.33. The number of hydrogen-bond acceptors (Lipinski definition) is 1. The van der Waals surface area contributed by atoms with Gasteiger partial charge in [-0.05, 0) is 79.4 Å². The Hall–Kier alpha value is -5.53. The van der Waals surface area contributed by atoms with Crippen LogP contribution in [0.2, 0.25) is 0 Å². The molecule has 0 saturated heterocycles. The van der Waals surface area contributed by atoms with Crippen molar-refractivity contribution in [2.45, 2.75) is 12.8 Å². The van der Waals surface area contributed by atoms with E-state index in [0.29, 0.717) is 0 Å². The first-order valence-corrected chi connectivity index (χ1v) is 15.5. The normalized spacial score (nSPS) is 13.8. The smallest absolute Gasteiger partial charge is 0.0794 e. The summed E-state index contributed by atoms with van der Waals surface area (Å²) in [6, 6.07) is 44.7. The van der Waals surface area contributed by atoms with Crippen molar-refractivity contribution >= 4 is 65.8 Å². The van der Waals surface area contributed by atoms with Crippen molar-refractivity contribution in [3.63, 3.8) is 0 Å². The van der Waals surface area contributed by atoms with Crippen LogP contribution in [0.5, 0.6) is 0 Å². The second-order valence-corrected chi connectivity index (χ2v) is 12.2. The average Bonchev–Trinajstić information content (AvgIpc) is 3.09. The molecule has 1 heteroatoms. The van der Waals surface area contributed by atoms with E-state index in [0.717, 1.165) is 23.9 Å². The second-order valence-electron chi connectivity index (χ2n) is 12.2. The molecule has 8 aromatic rings. The monoisotopic (exact) mass is 557 g/mol. The zero-order valence-electron chi connectivity index (χ0n) is 24.1. The van der Waals surface area contributed by atoms with Gasteiger partial charge in [0.05, 0.1) is 11.0 Å². The Morgan fingerprint density at radius 2 is 1.18 bits per heavy atom. The first-order valence-electron chi connectivity index (χ1n) is 15.5. The molecule has 0 radical (unpaired) electrons. The van der Waals surface area contributed by atoms with Gasteiger partial charge in [0.2, 0.25) is 0 Å². The summed E-state index contributed by atoms with van der Waals surface area (Å²) in [5.74, 6) is 0. The lowest BCUT2D eigenvalue weighted by atomic mass is 9.79. The van der Waals surface area contributed by atoms with E-state index in [9.17, 15) is 0 Å². The maximum absolute atomic E-state index is 5.40. The maximum atomic E-state index is 5.40. The zero-order valence-corrected chi connectivity index (χ0v) is 24.1. The summed E-state index contributed by atoms with van der Waals surface area (Å²) in [7, 11) is 0. The molecule has 0 spiro atoms. The Bertz CT molecular complexity index is 2510. The standard InChI is InChI=1S/C43H27N/c1-3-13-34-26(7-1)17-23-37-40(38-24-18-27-8-2-4-14-35(27)43(38)44-42(34)37)32-12-6-11-31(25-32)33-21-19-30-16-15-28-9-5-10-29-20-22-36(33)41(30)39(28)29/h1-9,11-21,23-25H,10,22H2. The number of aromatic nitrogens is 1. The first kappa shape index (κ1) is 24.0. The van der Waals surface area contributed by atoms with E-state index in [2.05, 4.69) is 140 Å². The molecule has 0 bridgehead atoms. The molecule has 204 valence electrons. The summed E-state index contributed by atoms with van der Waals surface area (Å²) in [6.07, 6.45) is 9.04. The molecule has 2 aliphatic rings. The fourth-order valence-electron chi connectivity index (χ4n) is 7.86. The zero-order chi connectivity index (χ0) is 28.8. The van der Waals surface area contributed by atoms with Gasteiger partial charge in [-0.3, -0.25) is 0 Å². The third-order valence-corrected chi connectivity index (χ3v) is 9.86. The minimum atomic E-state index is 0.968. The van der Waals surface area contributed by atoms with E-state index in [4.69, 9.17) is 4.98 Å². The van der Waals surface area contributed by atoms with Crippen molar-refractivity contribution in [2.75, 3.05) is 0 Å². The second kappa shape index (κ2) is 8.99. The number of benzene rings is 7. The van der Waals surface area contributed by atoms with Gasteiger partial charge in [-0.15, -0.1) is 0 Å². The van der Waals surface area contributed by atoms with Crippen LogP contribution in [0.4, 0.5) is 0 Å². The van der Waals surface area contributed by atoms with Crippen LogP contribution >= 0.6 is 0 Å². The molecular formula is C43H27N. The van der Waals surface area contributed by atoms with Gasteiger partial charge in [0.15, 0.2) is 0 Å². The molecule has 0 fully saturated rings. The van der Waals surface area contributed by atoms with Crippen LogP contribution in [0, 0.1) is 0 Å². The number of allylic oxidation sites excluding steroid dienone is 3. The fourth-order valence-corrected chi connectivity index (χ4v) is 7.86. The number of fused-ring (bicyclic) bond motifs is 6. The molecule has 1 heterocycles. The number of nitrogens with zero attached hydrogens (tertiary/aromatic N) is 1. The van der Waals surface area contributed by atoms with Gasteiger partial charge in [0, 0.05) is 27.1 Å². The minimum Gasteiger partial charge on any atom is -0.246 e. The Morgan fingerprint density at radius 1 is 0.500 bits per heavy atom. The number of rotatable bonds is 2. The van der Waals surface area contributed by atoms with Crippen molar-refractivity contribution in [1.82, 2.24) is 4.98 Å². The largest absolute Gasteiger partial charge is 0.246 e. The Morgan fingerprint density at radius 3 is 1.95 bits per heavy atom. The van der Waals surface area contributed by atoms with Gasteiger partial charge in [-0.2, -0.15) is 0 Å². The number of pyridine rings is 1. The summed E-state index contributed by atoms with van der Waals surface area (Å²) >= 11 is 0.